The molecule has 0 aromatic heterocycles. The third-order valence-electron chi connectivity index (χ3n) is 2.54. The van der Waals surface area contributed by atoms with E-state index in [0.717, 1.165) is 17.0 Å². The van der Waals surface area contributed by atoms with E-state index < -0.39 is 33.6 Å². The number of amides is 3. The van der Waals surface area contributed by atoms with Crippen molar-refractivity contribution in [2.75, 3.05) is 11.3 Å². The van der Waals surface area contributed by atoms with E-state index >= 15 is 0 Å². The Morgan fingerprint density at radius 2 is 1.95 bits per heavy atom. The fourth-order valence-electron chi connectivity index (χ4n) is 1.47. The molecule has 0 atom stereocenters. The number of β-lactam (4-membered cyclic amide) rings is 1. The Bertz CT molecular complexity index is 672. The summed E-state index contributed by atoms with van der Waals surface area (Å²) in [5.41, 5.74) is -0.0597. The molecule has 4 N–H and O–H groups in total. The van der Waals surface area contributed by atoms with Crippen LogP contribution in [0.1, 0.15) is 6.42 Å². The van der Waals surface area contributed by atoms with Crippen molar-refractivity contribution < 1.29 is 28.2 Å². The van der Waals surface area contributed by atoms with E-state index in [1.54, 1.807) is 4.72 Å². The molecule has 9 nitrogen and oxygen atoms in total. The van der Waals surface area contributed by atoms with Gasteiger partial charge in [0.25, 0.3) is 0 Å². The number of rotatable bonds is 3. The molecule has 0 unspecified atom stereocenters. The highest BCUT2D eigenvalue weighted by Gasteiger charge is 2.32. The largest absolute Gasteiger partial charge is 0.504 e. The average Bonchev–Trinajstić information content (AvgIpc) is 2.30. The molecule has 10 heteroatoms. The number of nitrogens with one attached hydrogen (secondary N) is 2. The lowest BCUT2D eigenvalue weighted by atomic mass is 10.2. The highest BCUT2D eigenvalue weighted by Crippen LogP contribution is 2.27. The average molecular weight is 301 g/mol. The van der Waals surface area contributed by atoms with Crippen molar-refractivity contribution in [1.29, 1.82) is 0 Å². The zero-order valence-corrected chi connectivity index (χ0v) is 10.8. The van der Waals surface area contributed by atoms with Gasteiger partial charge < -0.3 is 10.2 Å². The number of benzene rings is 1. The smallest absolute Gasteiger partial charge is 0.339 e. The van der Waals surface area contributed by atoms with E-state index in [2.05, 4.69) is 0 Å². The molecule has 1 aromatic carbocycles. The summed E-state index contributed by atoms with van der Waals surface area (Å²) in [4.78, 5) is 23.2. The van der Waals surface area contributed by atoms with Gasteiger partial charge in [0, 0.05) is 19.0 Å². The minimum Gasteiger partial charge on any atom is -0.504 e. The van der Waals surface area contributed by atoms with Gasteiger partial charge >= 0.3 is 16.2 Å². The van der Waals surface area contributed by atoms with Gasteiger partial charge in [-0.3, -0.25) is 14.4 Å². The first-order chi connectivity index (χ1) is 9.28. The standard InChI is InChI=1S/C10H11N3O6S/c14-7-2-1-6(5-8(7)15)11-20(18,19)12-10(17)13-4-3-9(13)16/h1-2,5,11,14-15H,3-4H2,(H,12,17). The van der Waals surface area contributed by atoms with Crippen LogP contribution < -0.4 is 9.44 Å². The normalized spacial score (nSPS) is 14.6. The molecule has 0 bridgehead atoms. The van der Waals surface area contributed by atoms with E-state index in [1.165, 1.54) is 6.07 Å². The number of anilines is 1. The molecule has 1 fully saturated rings. The minimum atomic E-state index is -4.24. The maximum Gasteiger partial charge on any atom is 0.339 e. The molecule has 108 valence electrons. The Kier molecular flexibility index (Phi) is 3.40. The van der Waals surface area contributed by atoms with Crippen molar-refractivity contribution in [3.8, 4) is 11.5 Å². The van der Waals surface area contributed by atoms with Crippen molar-refractivity contribution in [3.63, 3.8) is 0 Å². The Morgan fingerprint density at radius 1 is 1.25 bits per heavy atom. The maximum absolute atomic E-state index is 11.6. The molecule has 2 rings (SSSR count). The molecule has 1 aliphatic heterocycles. The second kappa shape index (κ2) is 4.89. The van der Waals surface area contributed by atoms with Gasteiger partial charge in [-0.2, -0.15) is 8.42 Å². The van der Waals surface area contributed by atoms with Gasteiger partial charge in [-0.15, -0.1) is 0 Å². The predicted octanol–water partition coefficient (Wildman–Crippen LogP) is -0.304. The van der Waals surface area contributed by atoms with Crippen molar-refractivity contribution in [2.24, 2.45) is 0 Å². The van der Waals surface area contributed by atoms with Crippen LogP contribution in [0.15, 0.2) is 18.2 Å². The molecule has 0 spiro atoms. The Balaban J connectivity index is 2.05. The van der Waals surface area contributed by atoms with Crippen molar-refractivity contribution in [1.82, 2.24) is 9.62 Å². The number of nitrogens with zero attached hydrogens (tertiary/aromatic N) is 1. The highest BCUT2D eigenvalue weighted by atomic mass is 32.2. The molecule has 20 heavy (non-hydrogen) atoms. The summed E-state index contributed by atoms with van der Waals surface area (Å²) in [5.74, 6) is -1.39. The van der Waals surface area contributed by atoms with Crippen LogP contribution in [-0.2, 0) is 15.0 Å². The van der Waals surface area contributed by atoms with E-state index in [9.17, 15) is 23.1 Å². The molecule has 1 aromatic rings. The number of phenols is 2. The number of carbonyl (C=O) groups is 2. The first kappa shape index (κ1) is 13.9. The zero-order chi connectivity index (χ0) is 14.9. The number of likely N-dealkylation sites (tertiary alicyclic amines) is 1. The number of urea groups is 1. The van der Waals surface area contributed by atoms with Crippen molar-refractivity contribution in [2.45, 2.75) is 6.42 Å². The third-order valence-corrected chi connectivity index (χ3v) is 3.49. The summed E-state index contributed by atoms with van der Waals surface area (Å²) in [7, 11) is -4.24. The van der Waals surface area contributed by atoms with Crippen LogP contribution in [0.25, 0.3) is 0 Å². The van der Waals surface area contributed by atoms with Crippen LogP contribution in [0.4, 0.5) is 10.5 Å². The lowest BCUT2D eigenvalue weighted by Gasteiger charge is -2.28. The molecule has 0 saturated carbocycles. The maximum atomic E-state index is 11.6. The van der Waals surface area contributed by atoms with Gasteiger partial charge in [0.2, 0.25) is 5.91 Å². The topological polar surface area (TPSA) is 136 Å². The molecular formula is C10H11N3O6S. The summed E-state index contributed by atoms with van der Waals surface area (Å²) >= 11 is 0. The van der Waals surface area contributed by atoms with Crippen LogP contribution >= 0.6 is 0 Å². The lowest BCUT2D eigenvalue weighted by Crippen LogP contribution is -2.53. The quantitative estimate of drug-likeness (QED) is 0.344. The van der Waals surface area contributed by atoms with E-state index in [1.807, 2.05) is 4.72 Å². The molecule has 1 heterocycles. The number of imide groups is 1. The number of phenolic OH excluding ortho intramolecular Hbond substituents is 2. The predicted molar refractivity (Wildman–Crippen MR) is 67.2 cm³/mol. The molecule has 3 amide bonds. The van der Waals surface area contributed by atoms with E-state index in [4.69, 9.17) is 5.11 Å². The highest BCUT2D eigenvalue weighted by molar-refractivity contribution is 7.91. The van der Waals surface area contributed by atoms with Crippen LogP contribution in [0.2, 0.25) is 0 Å². The third kappa shape index (κ3) is 2.91. The van der Waals surface area contributed by atoms with Crippen LogP contribution in [0, 0.1) is 0 Å². The fraction of sp³-hybridized carbons (Fsp3) is 0.200. The van der Waals surface area contributed by atoms with Gasteiger partial charge in [-0.05, 0) is 12.1 Å². The zero-order valence-electron chi connectivity index (χ0n) is 10.0. The first-order valence-corrected chi connectivity index (χ1v) is 6.94. The number of aromatic hydroxyl groups is 2. The molecule has 1 aliphatic rings. The molecule has 0 aliphatic carbocycles. The van der Waals surface area contributed by atoms with E-state index in [0.29, 0.717) is 0 Å². The number of carbonyl (C=O) groups excluding carboxylic acids is 2. The molecular weight excluding hydrogens is 290 g/mol. The summed E-state index contributed by atoms with van der Waals surface area (Å²) < 4.78 is 26.9. The second-order valence-corrected chi connectivity index (χ2v) is 5.43. The monoisotopic (exact) mass is 301 g/mol. The SMILES string of the molecule is O=C1CCN1C(=O)NS(=O)(=O)Nc1ccc(O)c(O)c1. The van der Waals surface area contributed by atoms with Crippen LogP contribution in [-0.4, -0.2) is 42.0 Å². The van der Waals surface area contributed by atoms with Crippen LogP contribution in [0.3, 0.4) is 0 Å². The van der Waals surface area contributed by atoms with Gasteiger partial charge in [-0.25, -0.2) is 9.52 Å². The lowest BCUT2D eigenvalue weighted by molar-refractivity contribution is -0.135. The Hall–Kier alpha value is -2.49. The van der Waals surface area contributed by atoms with Gasteiger partial charge in [0.1, 0.15) is 0 Å². The summed E-state index contributed by atoms with van der Waals surface area (Å²) in [6.07, 6.45) is 0.201. The van der Waals surface area contributed by atoms with Crippen molar-refractivity contribution in [3.05, 3.63) is 18.2 Å². The fourth-order valence-corrected chi connectivity index (χ4v) is 2.30. The minimum absolute atomic E-state index is 0.0597. The van der Waals surface area contributed by atoms with E-state index in [-0.39, 0.29) is 18.7 Å². The summed E-state index contributed by atoms with van der Waals surface area (Å²) in [6, 6.07) is 2.19. The first-order valence-electron chi connectivity index (χ1n) is 5.45. The number of hydrogen-bond donors (Lipinski definition) is 4. The Labute approximate surface area is 114 Å². The number of hydrogen-bond acceptors (Lipinski definition) is 6. The van der Waals surface area contributed by atoms with Gasteiger partial charge in [0.05, 0.1) is 5.69 Å². The summed E-state index contributed by atoms with van der Waals surface area (Å²) in [5, 5.41) is 18.3. The van der Waals surface area contributed by atoms with Crippen molar-refractivity contribution >= 4 is 27.8 Å². The second-order valence-electron chi connectivity index (χ2n) is 4.01. The Morgan fingerprint density at radius 3 is 2.45 bits per heavy atom. The molecule has 1 saturated heterocycles. The molecule has 0 radical (unpaired) electrons. The summed E-state index contributed by atoms with van der Waals surface area (Å²) in [6.45, 7) is 0.167. The van der Waals surface area contributed by atoms with Crippen LogP contribution in [0.5, 0.6) is 11.5 Å². The van der Waals surface area contributed by atoms with Gasteiger partial charge in [-0.1, -0.05) is 0 Å². The van der Waals surface area contributed by atoms with Gasteiger partial charge in [0.15, 0.2) is 11.5 Å².